The van der Waals surface area contributed by atoms with Gasteiger partial charge in [-0.15, -0.1) is 0 Å². The Kier molecular flexibility index (Phi) is 3.33. The molecule has 0 aliphatic heterocycles. The van der Waals surface area contributed by atoms with Crippen molar-refractivity contribution < 1.29 is 9.53 Å². The van der Waals surface area contributed by atoms with Crippen molar-refractivity contribution in [2.45, 2.75) is 6.92 Å². The molecular weight excluding hydrogens is 255 g/mol. The molecule has 13 heavy (non-hydrogen) atoms. The molecule has 0 unspecified atom stereocenters. The zero-order valence-corrected chi connectivity index (χ0v) is 9.57. The fourth-order valence-electron chi connectivity index (χ4n) is 0.962. The summed E-state index contributed by atoms with van der Waals surface area (Å²) >= 11 is 9.15. The minimum absolute atomic E-state index is 0.361. The predicted molar refractivity (Wildman–Crippen MR) is 55.2 cm³/mol. The van der Waals surface area contributed by atoms with Gasteiger partial charge in [0.15, 0.2) is 0 Å². The van der Waals surface area contributed by atoms with Crippen molar-refractivity contribution in [1.82, 2.24) is 0 Å². The third kappa shape index (κ3) is 2.23. The first-order chi connectivity index (χ1) is 6.06. The molecule has 0 radical (unpaired) electrons. The average Bonchev–Trinajstić information content (AvgIpc) is 2.12. The fourth-order valence-corrected chi connectivity index (χ4v) is 1.63. The van der Waals surface area contributed by atoms with Crippen molar-refractivity contribution in [2.24, 2.45) is 0 Å². The molecule has 0 spiro atoms. The Hall–Kier alpha value is -0.540. The minimum Gasteiger partial charge on any atom is -0.465 e. The highest BCUT2D eigenvalue weighted by atomic mass is 79.9. The van der Waals surface area contributed by atoms with E-state index < -0.39 is 0 Å². The predicted octanol–water partition coefficient (Wildman–Crippen LogP) is 3.20. The van der Waals surface area contributed by atoms with Crippen molar-refractivity contribution in [3.8, 4) is 0 Å². The molecule has 0 N–H and O–H groups in total. The number of carbonyl (C=O) groups excluding carboxylic acids is 1. The van der Waals surface area contributed by atoms with Crippen LogP contribution >= 0.6 is 27.5 Å². The van der Waals surface area contributed by atoms with Crippen LogP contribution in [0, 0.1) is 6.92 Å². The molecule has 1 rings (SSSR count). The normalized spacial score (nSPS) is 9.85. The number of carbonyl (C=O) groups is 1. The molecule has 2 nitrogen and oxygen atoms in total. The van der Waals surface area contributed by atoms with Gasteiger partial charge in [0, 0.05) is 4.47 Å². The zero-order valence-electron chi connectivity index (χ0n) is 7.23. The molecule has 0 bridgehead atoms. The number of halogens is 2. The molecule has 0 atom stereocenters. The molecule has 0 saturated heterocycles. The van der Waals surface area contributed by atoms with Crippen LogP contribution in [0.15, 0.2) is 16.6 Å². The highest BCUT2D eigenvalue weighted by Crippen LogP contribution is 2.27. The molecule has 0 heterocycles. The van der Waals surface area contributed by atoms with Crippen LogP contribution < -0.4 is 0 Å². The molecule has 1 aromatic rings. The molecule has 0 fully saturated rings. The highest BCUT2D eigenvalue weighted by Gasteiger charge is 2.09. The largest absolute Gasteiger partial charge is 0.465 e. The molecule has 0 aromatic heterocycles. The van der Waals surface area contributed by atoms with Crippen molar-refractivity contribution in [3.63, 3.8) is 0 Å². The average molecular weight is 264 g/mol. The minimum atomic E-state index is -0.361. The monoisotopic (exact) mass is 262 g/mol. The van der Waals surface area contributed by atoms with Crippen LogP contribution in [-0.2, 0) is 4.74 Å². The SMILES string of the molecule is COC(=O)c1cc(C)c(Cl)c(Br)c1. The summed E-state index contributed by atoms with van der Waals surface area (Å²) in [6.45, 7) is 1.83. The number of aryl methyl sites for hydroxylation is 1. The Morgan fingerprint density at radius 3 is 2.62 bits per heavy atom. The van der Waals surface area contributed by atoms with Crippen LogP contribution in [-0.4, -0.2) is 13.1 Å². The molecular formula is C9H8BrClO2. The van der Waals surface area contributed by atoms with Gasteiger partial charge in [0.2, 0.25) is 0 Å². The van der Waals surface area contributed by atoms with Crippen LogP contribution in [0.25, 0.3) is 0 Å². The zero-order chi connectivity index (χ0) is 10.0. The van der Waals surface area contributed by atoms with E-state index in [0.717, 1.165) is 5.56 Å². The highest BCUT2D eigenvalue weighted by molar-refractivity contribution is 9.10. The third-order valence-electron chi connectivity index (χ3n) is 1.63. The van der Waals surface area contributed by atoms with Gasteiger partial charge in [-0.05, 0) is 40.5 Å². The number of esters is 1. The lowest BCUT2D eigenvalue weighted by molar-refractivity contribution is 0.0600. The number of ether oxygens (including phenoxy) is 1. The topological polar surface area (TPSA) is 26.3 Å². The Morgan fingerprint density at radius 1 is 1.54 bits per heavy atom. The van der Waals surface area contributed by atoms with Crippen molar-refractivity contribution in [3.05, 3.63) is 32.8 Å². The van der Waals surface area contributed by atoms with Crippen molar-refractivity contribution in [2.75, 3.05) is 7.11 Å². The number of methoxy groups -OCH3 is 1. The maximum Gasteiger partial charge on any atom is 0.337 e. The lowest BCUT2D eigenvalue weighted by Crippen LogP contribution is -2.01. The summed E-state index contributed by atoms with van der Waals surface area (Å²) in [6, 6.07) is 3.33. The molecule has 4 heteroatoms. The van der Waals surface area contributed by atoms with Gasteiger partial charge in [0.25, 0.3) is 0 Å². The quantitative estimate of drug-likeness (QED) is 0.727. The van der Waals surface area contributed by atoms with Gasteiger partial charge in [-0.1, -0.05) is 11.6 Å². The molecule has 0 aliphatic rings. The van der Waals surface area contributed by atoms with E-state index in [-0.39, 0.29) is 5.97 Å². The second kappa shape index (κ2) is 4.11. The molecule has 0 amide bonds. The summed E-state index contributed by atoms with van der Waals surface area (Å²) in [7, 11) is 1.35. The number of hydrogen-bond acceptors (Lipinski definition) is 2. The summed E-state index contributed by atoms with van der Waals surface area (Å²) in [5, 5.41) is 0.618. The maximum absolute atomic E-state index is 11.1. The van der Waals surface area contributed by atoms with E-state index in [1.54, 1.807) is 12.1 Å². The van der Waals surface area contributed by atoms with Gasteiger partial charge in [-0.25, -0.2) is 4.79 Å². The smallest absolute Gasteiger partial charge is 0.337 e. The van der Waals surface area contributed by atoms with Gasteiger partial charge in [0.05, 0.1) is 17.7 Å². The lowest BCUT2D eigenvalue weighted by atomic mass is 10.1. The molecule has 70 valence electrons. The summed E-state index contributed by atoms with van der Waals surface area (Å²) < 4.78 is 5.29. The van der Waals surface area contributed by atoms with Crippen molar-refractivity contribution in [1.29, 1.82) is 0 Å². The van der Waals surface area contributed by atoms with E-state index in [0.29, 0.717) is 15.1 Å². The van der Waals surface area contributed by atoms with E-state index in [1.807, 2.05) is 6.92 Å². The van der Waals surface area contributed by atoms with Crippen LogP contribution in [0.5, 0.6) is 0 Å². The number of hydrogen-bond donors (Lipinski definition) is 0. The first-order valence-corrected chi connectivity index (χ1v) is 4.77. The van der Waals surface area contributed by atoms with Gasteiger partial charge in [-0.2, -0.15) is 0 Å². The summed E-state index contributed by atoms with van der Waals surface area (Å²) in [5.74, 6) is -0.361. The van der Waals surface area contributed by atoms with Crippen LogP contribution in [0.2, 0.25) is 5.02 Å². The summed E-state index contributed by atoms with van der Waals surface area (Å²) in [6.07, 6.45) is 0. The second-order valence-electron chi connectivity index (χ2n) is 2.58. The van der Waals surface area contributed by atoms with Crippen molar-refractivity contribution >= 4 is 33.5 Å². The van der Waals surface area contributed by atoms with E-state index in [9.17, 15) is 4.79 Å². The fraction of sp³-hybridized carbons (Fsp3) is 0.222. The summed E-state index contributed by atoms with van der Waals surface area (Å²) in [5.41, 5.74) is 1.34. The number of benzene rings is 1. The first kappa shape index (κ1) is 10.5. The standard InChI is InChI=1S/C9H8BrClO2/c1-5-3-6(9(12)13-2)4-7(10)8(5)11/h3-4H,1-2H3. The van der Waals surface area contributed by atoms with Crippen LogP contribution in [0.3, 0.4) is 0 Å². The maximum atomic E-state index is 11.1. The number of rotatable bonds is 1. The van der Waals surface area contributed by atoms with Gasteiger partial charge in [0.1, 0.15) is 0 Å². The van der Waals surface area contributed by atoms with Gasteiger partial charge < -0.3 is 4.74 Å². The van der Waals surface area contributed by atoms with E-state index in [4.69, 9.17) is 11.6 Å². The Morgan fingerprint density at radius 2 is 2.15 bits per heavy atom. The molecule has 1 aromatic carbocycles. The van der Waals surface area contributed by atoms with Gasteiger partial charge >= 0.3 is 5.97 Å². The van der Waals surface area contributed by atoms with E-state index in [1.165, 1.54) is 7.11 Å². The van der Waals surface area contributed by atoms with Crippen LogP contribution in [0.1, 0.15) is 15.9 Å². The Balaban J connectivity index is 3.20. The Bertz CT molecular complexity index is 326. The second-order valence-corrected chi connectivity index (χ2v) is 3.81. The lowest BCUT2D eigenvalue weighted by Gasteiger charge is -2.04. The molecule has 0 aliphatic carbocycles. The first-order valence-electron chi connectivity index (χ1n) is 3.60. The molecule has 0 saturated carbocycles. The van der Waals surface area contributed by atoms with Gasteiger partial charge in [-0.3, -0.25) is 0 Å². The third-order valence-corrected chi connectivity index (χ3v) is 2.99. The Labute approximate surface area is 90.0 Å². The van der Waals surface area contributed by atoms with Crippen LogP contribution in [0.4, 0.5) is 0 Å². The summed E-state index contributed by atoms with van der Waals surface area (Å²) in [4.78, 5) is 11.1. The van der Waals surface area contributed by atoms with E-state index >= 15 is 0 Å². The van der Waals surface area contributed by atoms with E-state index in [2.05, 4.69) is 20.7 Å².